The van der Waals surface area contributed by atoms with Crippen LogP contribution in [0.5, 0.6) is 0 Å². The lowest BCUT2D eigenvalue weighted by atomic mass is 10.2. The second-order valence-electron chi connectivity index (χ2n) is 5.69. The van der Waals surface area contributed by atoms with Gasteiger partial charge in [0.1, 0.15) is 6.54 Å². The second-order valence-corrected chi connectivity index (χ2v) is 6.12. The molecule has 0 aliphatic rings. The van der Waals surface area contributed by atoms with Crippen molar-refractivity contribution in [1.82, 2.24) is 15.8 Å². The van der Waals surface area contributed by atoms with Crippen molar-refractivity contribution >= 4 is 29.2 Å². The molecule has 2 aromatic rings. The van der Waals surface area contributed by atoms with Crippen LogP contribution in [0.1, 0.15) is 15.9 Å². The number of carbonyl (C=O) groups is 2. The van der Waals surface area contributed by atoms with Crippen molar-refractivity contribution in [3.8, 4) is 11.8 Å². The second kappa shape index (κ2) is 9.42. The standard InChI is InChI=1S/C18H18ClN5O2/c1-24(2)9-3-4-13-10-14(12-20-11-13)17(25)22-23-18(26)21-16-7-5-15(19)6-8-16/h5-8,10-12H,9H2,1-2H3,(H,22,25)(H2,21,23,26)/p+1. The Hall–Kier alpha value is -3.08. The summed E-state index contributed by atoms with van der Waals surface area (Å²) in [5.74, 6) is 5.46. The van der Waals surface area contributed by atoms with E-state index in [1.54, 1.807) is 36.5 Å². The first-order chi connectivity index (χ1) is 12.4. The average Bonchev–Trinajstić information content (AvgIpc) is 2.61. The maximum Gasteiger partial charge on any atom is 0.337 e. The van der Waals surface area contributed by atoms with Gasteiger partial charge in [0.05, 0.1) is 19.7 Å². The number of hydrogen-bond donors (Lipinski definition) is 4. The van der Waals surface area contributed by atoms with Crippen LogP contribution in [0, 0.1) is 11.8 Å². The molecule has 3 amide bonds. The van der Waals surface area contributed by atoms with Crippen LogP contribution in [0.25, 0.3) is 0 Å². The van der Waals surface area contributed by atoms with E-state index in [0.717, 1.165) is 0 Å². The summed E-state index contributed by atoms with van der Waals surface area (Å²) in [7, 11) is 4.00. The van der Waals surface area contributed by atoms with Crippen molar-refractivity contribution in [3.05, 3.63) is 58.9 Å². The molecular formula is C18H19ClN5O2+. The van der Waals surface area contributed by atoms with Gasteiger partial charge in [-0.05, 0) is 36.3 Å². The van der Waals surface area contributed by atoms with Crippen molar-refractivity contribution in [1.29, 1.82) is 0 Å². The van der Waals surface area contributed by atoms with Crippen molar-refractivity contribution in [2.75, 3.05) is 26.0 Å². The number of amides is 3. The summed E-state index contributed by atoms with van der Waals surface area (Å²) in [5.41, 5.74) is 6.05. The maximum absolute atomic E-state index is 12.1. The smallest absolute Gasteiger partial charge is 0.330 e. The van der Waals surface area contributed by atoms with Gasteiger partial charge in [0.2, 0.25) is 0 Å². The number of urea groups is 1. The van der Waals surface area contributed by atoms with Gasteiger partial charge in [0.25, 0.3) is 5.91 Å². The first-order valence-electron chi connectivity index (χ1n) is 7.80. The number of rotatable bonds is 3. The van der Waals surface area contributed by atoms with Gasteiger partial charge in [0.15, 0.2) is 0 Å². The monoisotopic (exact) mass is 372 g/mol. The van der Waals surface area contributed by atoms with E-state index in [1.165, 1.54) is 11.1 Å². The van der Waals surface area contributed by atoms with Crippen molar-refractivity contribution in [3.63, 3.8) is 0 Å². The number of benzene rings is 1. The first-order valence-corrected chi connectivity index (χ1v) is 8.17. The van der Waals surface area contributed by atoms with E-state index in [-0.39, 0.29) is 0 Å². The molecule has 0 saturated carbocycles. The van der Waals surface area contributed by atoms with Crippen LogP contribution < -0.4 is 21.1 Å². The molecule has 0 aliphatic carbocycles. The Kier molecular flexibility index (Phi) is 6.97. The SMILES string of the molecule is C[NH+](C)CC#Cc1cncc(C(=O)NNC(=O)Nc2ccc(Cl)cc2)c1. The van der Waals surface area contributed by atoms with Crippen LogP contribution in [0.2, 0.25) is 5.02 Å². The molecule has 0 aliphatic heterocycles. The molecule has 1 aromatic carbocycles. The Morgan fingerprint density at radius 3 is 2.58 bits per heavy atom. The van der Waals surface area contributed by atoms with Gasteiger partial charge < -0.3 is 10.2 Å². The molecular weight excluding hydrogens is 354 g/mol. The largest absolute Gasteiger partial charge is 0.337 e. The Labute approximate surface area is 156 Å². The number of aromatic nitrogens is 1. The molecule has 0 saturated heterocycles. The Morgan fingerprint density at radius 1 is 1.15 bits per heavy atom. The number of halogens is 1. The van der Waals surface area contributed by atoms with E-state index in [1.807, 2.05) is 14.1 Å². The minimum Gasteiger partial charge on any atom is -0.330 e. The van der Waals surface area contributed by atoms with E-state index < -0.39 is 11.9 Å². The highest BCUT2D eigenvalue weighted by atomic mass is 35.5. The van der Waals surface area contributed by atoms with E-state index in [4.69, 9.17) is 11.6 Å². The Balaban J connectivity index is 1.89. The molecule has 0 radical (unpaired) electrons. The minimum atomic E-state index is -0.585. The summed E-state index contributed by atoms with van der Waals surface area (Å²) in [5, 5.41) is 3.12. The third kappa shape index (κ3) is 6.43. The van der Waals surface area contributed by atoms with Crippen molar-refractivity contribution < 1.29 is 14.5 Å². The van der Waals surface area contributed by atoms with Gasteiger partial charge in [-0.15, -0.1) is 0 Å². The summed E-state index contributed by atoms with van der Waals surface area (Å²) < 4.78 is 0. The zero-order valence-corrected chi connectivity index (χ0v) is 15.1. The Morgan fingerprint density at radius 2 is 1.88 bits per heavy atom. The average molecular weight is 373 g/mol. The fraction of sp³-hybridized carbons (Fsp3) is 0.167. The molecule has 1 heterocycles. The van der Waals surface area contributed by atoms with Crippen LogP contribution in [-0.4, -0.2) is 37.6 Å². The summed E-state index contributed by atoms with van der Waals surface area (Å²) >= 11 is 5.78. The summed E-state index contributed by atoms with van der Waals surface area (Å²) in [6.45, 7) is 0.683. The van der Waals surface area contributed by atoms with Gasteiger partial charge in [0, 0.05) is 28.7 Å². The summed E-state index contributed by atoms with van der Waals surface area (Å²) in [4.78, 5) is 29.1. The quantitative estimate of drug-likeness (QED) is 0.472. The number of carbonyl (C=O) groups excluding carboxylic acids is 2. The molecule has 0 spiro atoms. The van der Waals surface area contributed by atoms with Gasteiger partial charge in [-0.3, -0.25) is 15.2 Å². The third-order valence-electron chi connectivity index (χ3n) is 3.07. The van der Waals surface area contributed by atoms with Crippen molar-refractivity contribution in [2.45, 2.75) is 0 Å². The number of hydrazine groups is 1. The number of nitrogens with zero attached hydrogens (tertiary/aromatic N) is 1. The Bertz CT molecular complexity index is 841. The van der Waals surface area contributed by atoms with Crippen LogP contribution in [-0.2, 0) is 0 Å². The van der Waals surface area contributed by atoms with Crippen LogP contribution in [0.4, 0.5) is 10.5 Å². The summed E-state index contributed by atoms with van der Waals surface area (Å²) in [6.07, 6.45) is 2.98. The molecule has 0 fully saturated rings. The molecule has 0 atom stereocenters. The molecule has 0 bridgehead atoms. The summed E-state index contributed by atoms with van der Waals surface area (Å²) in [6, 6.07) is 7.60. The van der Waals surface area contributed by atoms with E-state index in [0.29, 0.717) is 28.4 Å². The van der Waals surface area contributed by atoms with Crippen LogP contribution >= 0.6 is 11.6 Å². The predicted octanol–water partition coefficient (Wildman–Crippen LogP) is 0.698. The molecule has 1 aromatic heterocycles. The fourth-order valence-corrected chi connectivity index (χ4v) is 1.96. The van der Waals surface area contributed by atoms with E-state index in [9.17, 15) is 9.59 Å². The predicted molar refractivity (Wildman–Crippen MR) is 99.9 cm³/mol. The number of quaternary nitrogens is 1. The molecule has 8 heteroatoms. The number of hydrogen-bond acceptors (Lipinski definition) is 3. The van der Waals surface area contributed by atoms with E-state index >= 15 is 0 Å². The van der Waals surface area contributed by atoms with Gasteiger partial charge in [-0.1, -0.05) is 17.5 Å². The molecule has 0 unspecified atom stereocenters. The first kappa shape index (κ1) is 19.2. The van der Waals surface area contributed by atoms with Crippen LogP contribution in [0.15, 0.2) is 42.7 Å². The van der Waals surface area contributed by atoms with Crippen molar-refractivity contribution in [2.24, 2.45) is 0 Å². The zero-order valence-electron chi connectivity index (χ0n) is 14.4. The number of anilines is 1. The van der Waals surface area contributed by atoms with Gasteiger partial charge in [-0.2, -0.15) is 0 Å². The lowest BCUT2D eigenvalue weighted by Crippen LogP contribution is -3.05. The number of pyridine rings is 1. The maximum atomic E-state index is 12.1. The minimum absolute atomic E-state index is 0.292. The molecule has 4 N–H and O–H groups in total. The molecule has 7 nitrogen and oxygen atoms in total. The highest BCUT2D eigenvalue weighted by Crippen LogP contribution is 2.12. The molecule has 26 heavy (non-hydrogen) atoms. The highest BCUT2D eigenvalue weighted by molar-refractivity contribution is 6.30. The lowest BCUT2D eigenvalue weighted by molar-refractivity contribution is -0.850. The fourth-order valence-electron chi connectivity index (χ4n) is 1.84. The topological polar surface area (TPSA) is 87.6 Å². The van der Waals surface area contributed by atoms with Gasteiger partial charge in [-0.25, -0.2) is 10.2 Å². The highest BCUT2D eigenvalue weighted by Gasteiger charge is 2.08. The van der Waals surface area contributed by atoms with Gasteiger partial charge >= 0.3 is 6.03 Å². The molecule has 134 valence electrons. The normalized spacial score (nSPS) is 9.85. The molecule has 2 rings (SSSR count). The number of nitrogens with one attached hydrogen (secondary N) is 4. The zero-order chi connectivity index (χ0) is 18.9. The van der Waals surface area contributed by atoms with Crippen LogP contribution in [0.3, 0.4) is 0 Å². The lowest BCUT2D eigenvalue weighted by Gasteiger charge is -2.09. The third-order valence-corrected chi connectivity index (χ3v) is 3.32. The van der Waals surface area contributed by atoms with E-state index in [2.05, 4.69) is 33.0 Å².